The zero-order chi connectivity index (χ0) is 17.2. The standard InChI is InChI=1S/C19H25N3O2.2ClH/c1-24-18-10-6-5-9-17(18)21-15-19(23)22(14-12-20)13-11-16-7-3-2-4-8-16;;/h2-10,21H,11-15,20H2,1H3;2*1H. The van der Waals surface area contributed by atoms with E-state index in [1.54, 1.807) is 12.0 Å². The van der Waals surface area contributed by atoms with Gasteiger partial charge in [0.05, 0.1) is 19.3 Å². The van der Waals surface area contributed by atoms with E-state index in [-0.39, 0.29) is 37.3 Å². The summed E-state index contributed by atoms with van der Waals surface area (Å²) in [5.74, 6) is 0.752. The molecule has 3 N–H and O–H groups in total. The average Bonchev–Trinajstić information content (AvgIpc) is 2.64. The highest BCUT2D eigenvalue weighted by Crippen LogP contribution is 2.22. The number of para-hydroxylation sites is 2. The lowest BCUT2D eigenvalue weighted by atomic mass is 10.1. The van der Waals surface area contributed by atoms with E-state index in [1.807, 2.05) is 42.5 Å². The van der Waals surface area contributed by atoms with Gasteiger partial charge >= 0.3 is 0 Å². The molecule has 2 aromatic carbocycles. The molecule has 0 unspecified atom stereocenters. The number of rotatable bonds is 9. The molecule has 0 bridgehead atoms. The number of hydrogen-bond donors (Lipinski definition) is 2. The van der Waals surface area contributed by atoms with Crippen molar-refractivity contribution in [3.05, 3.63) is 60.2 Å². The lowest BCUT2D eigenvalue weighted by Gasteiger charge is -2.23. The van der Waals surface area contributed by atoms with Crippen LogP contribution in [0.25, 0.3) is 0 Å². The number of halogens is 2. The Morgan fingerprint density at radius 1 is 1.04 bits per heavy atom. The summed E-state index contributed by atoms with van der Waals surface area (Å²) in [6, 6.07) is 17.7. The number of methoxy groups -OCH3 is 1. The third-order valence-electron chi connectivity index (χ3n) is 3.80. The minimum Gasteiger partial charge on any atom is -0.495 e. The van der Waals surface area contributed by atoms with Crippen LogP contribution >= 0.6 is 24.8 Å². The van der Waals surface area contributed by atoms with Gasteiger partial charge in [0.15, 0.2) is 0 Å². The summed E-state index contributed by atoms with van der Waals surface area (Å²) in [5.41, 5.74) is 7.68. The van der Waals surface area contributed by atoms with Gasteiger partial charge in [-0.1, -0.05) is 42.5 Å². The maximum Gasteiger partial charge on any atom is 0.241 e. The Labute approximate surface area is 167 Å². The summed E-state index contributed by atoms with van der Waals surface area (Å²) in [6.07, 6.45) is 0.821. The van der Waals surface area contributed by atoms with Crippen molar-refractivity contribution in [2.45, 2.75) is 6.42 Å². The summed E-state index contributed by atoms with van der Waals surface area (Å²) in [7, 11) is 1.61. The zero-order valence-electron chi connectivity index (χ0n) is 14.9. The van der Waals surface area contributed by atoms with E-state index in [0.29, 0.717) is 19.6 Å². The van der Waals surface area contributed by atoms with Crippen LogP contribution in [-0.4, -0.2) is 44.1 Å². The van der Waals surface area contributed by atoms with E-state index >= 15 is 0 Å². The topological polar surface area (TPSA) is 67.6 Å². The lowest BCUT2D eigenvalue weighted by Crippen LogP contribution is -2.40. The van der Waals surface area contributed by atoms with Gasteiger partial charge in [-0.3, -0.25) is 4.79 Å². The second kappa shape index (κ2) is 13.3. The maximum absolute atomic E-state index is 12.5. The van der Waals surface area contributed by atoms with Crippen molar-refractivity contribution in [3.63, 3.8) is 0 Å². The number of ether oxygens (including phenoxy) is 1. The third-order valence-corrected chi connectivity index (χ3v) is 3.80. The SMILES string of the molecule is COc1ccccc1NCC(=O)N(CCN)CCc1ccccc1.Cl.Cl. The molecule has 0 heterocycles. The minimum absolute atomic E-state index is 0. The number of carbonyl (C=O) groups excluding carboxylic acids is 1. The van der Waals surface area contributed by atoms with Crippen LogP contribution in [0, 0.1) is 0 Å². The second-order valence-corrected chi connectivity index (χ2v) is 5.46. The largest absolute Gasteiger partial charge is 0.495 e. The van der Waals surface area contributed by atoms with Gasteiger partial charge in [0.2, 0.25) is 5.91 Å². The molecule has 2 aromatic rings. The van der Waals surface area contributed by atoms with Gasteiger partial charge in [-0.25, -0.2) is 0 Å². The summed E-state index contributed by atoms with van der Waals surface area (Å²) >= 11 is 0. The Morgan fingerprint density at radius 2 is 1.69 bits per heavy atom. The van der Waals surface area contributed by atoms with Crippen LogP contribution in [0.3, 0.4) is 0 Å². The Morgan fingerprint density at radius 3 is 2.35 bits per heavy atom. The molecule has 144 valence electrons. The fourth-order valence-electron chi connectivity index (χ4n) is 2.50. The first-order valence-corrected chi connectivity index (χ1v) is 8.13. The van der Waals surface area contributed by atoms with Crippen LogP contribution in [0.2, 0.25) is 0 Å². The van der Waals surface area contributed by atoms with Crippen LogP contribution in [0.15, 0.2) is 54.6 Å². The van der Waals surface area contributed by atoms with Crippen molar-refractivity contribution in [3.8, 4) is 5.75 Å². The van der Waals surface area contributed by atoms with E-state index in [1.165, 1.54) is 5.56 Å². The molecule has 0 fully saturated rings. The van der Waals surface area contributed by atoms with Gasteiger partial charge in [-0.05, 0) is 24.1 Å². The highest BCUT2D eigenvalue weighted by atomic mass is 35.5. The monoisotopic (exact) mass is 399 g/mol. The molecule has 0 aliphatic rings. The van der Waals surface area contributed by atoms with Crippen molar-refractivity contribution >= 4 is 36.4 Å². The van der Waals surface area contributed by atoms with E-state index in [0.717, 1.165) is 17.9 Å². The molecule has 1 amide bonds. The molecule has 0 saturated heterocycles. The zero-order valence-corrected chi connectivity index (χ0v) is 16.5. The predicted molar refractivity (Wildman–Crippen MR) is 112 cm³/mol. The average molecular weight is 400 g/mol. The quantitative estimate of drug-likeness (QED) is 0.679. The van der Waals surface area contributed by atoms with Gasteiger partial charge in [0.25, 0.3) is 0 Å². The number of nitrogens with one attached hydrogen (secondary N) is 1. The molecular weight excluding hydrogens is 373 g/mol. The summed E-state index contributed by atoms with van der Waals surface area (Å²) in [5, 5.41) is 3.14. The number of benzene rings is 2. The van der Waals surface area contributed by atoms with Gasteiger partial charge in [0.1, 0.15) is 5.75 Å². The Hall–Kier alpha value is -1.95. The third kappa shape index (κ3) is 7.52. The Kier molecular flexibility index (Phi) is 12.3. The van der Waals surface area contributed by atoms with Crippen molar-refractivity contribution in [2.24, 2.45) is 5.73 Å². The number of carbonyl (C=O) groups is 1. The number of anilines is 1. The minimum atomic E-state index is 0. The first kappa shape index (κ1) is 24.1. The lowest BCUT2D eigenvalue weighted by molar-refractivity contribution is -0.129. The van der Waals surface area contributed by atoms with Crippen LogP contribution in [0.5, 0.6) is 5.75 Å². The van der Waals surface area contributed by atoms with E-state index < -0.39 is 0 Å². The van der Waals surface area contributed by atoms with Crippen molar-refractivity contribution in [2.75, 3.05) is 38.6 Å². The maximum atomic E-state index is 12.5. The van der Waals surface area contributed by atoms with Gasteiger partial charge in [0, 0.05) is 19.6 Å². The summed E-state index contributed by atoms with van der Waals surface area (Å²) in [4.78, 5) is 14.3. The van der Waals surface area contributed by atoms with Gasteiger partial charge in [-0.15, -0.1) is 24.8 Å². The van der Waals surface area contributed by atoms with Crippen LogP contribution in [-0.2, 0) is 11.2 Å². The number of nitrogens with two attached hydrogens (primary N) is 1. The number of hydrogen-bond acceptors (Lipinski definition) is 4. The molecule has 7 heteroatoms. The second-order valence-electron chi connectivity index (χ2n) is 5.46. The van der Waals surface area contributed by atoms with E-state index in [9.17, 15) is 4.79 Å². The molecule has 0 aliphatic heterocycles. The van der Waals surface area contributed by atoms with E-state index in [2.05, 4.69) is 17.4 Å². The smallest absolute Gasteiger partial charge is 0.241 e. The molecule has 26 heavy (non-hydrogen) atoms. The molecule has 0 aromatic heterocycles. The van der Waals surface area contributed by atoms with E-state index in [4.69, 9.17) is 10.5 Å². The summed E-state index contributed by atoms with van der Waals surface area (Å²) < 4.78 is 5.28. The fourth-order valence-corrected chi connectivity index (χ4v) is 2.50. The molecule has 0 spiro atoms. The predicted octanol–water partition coefficient (Wildman–Crippen LogP) is 2.98. The first-order valence-electron chi connectivity index (χ1n) is 8.13. The molecule has 0 aliphatic carbocycles. The number of amides is 1. The van der Waals surface area contributed by atoms with Crippen LogP contribution < -0.4 is 15.8 Å². The Bertz CT molecular complexity index is 642. The molecule has 0 atom stereocenters. The van der Waals surface area contributed by atoms with Gasteiger partial charge in [-0.2, -0.15) is 0 Å². The van der Waals surface area contributed by atoms with Gasteiger partial charge < -0.3 is 20.7 Å². The highest BCUT2D eigenvalue weighted by Gasteiger charge is 2.13. The number of nitrogens with zero attached hydrogens (tertiary/aromatic N) is 1. The molecule has 2 rings (SSSR count). The van der Waals surface area contributed by atoms with Crippen LogP contribution in [0.1, 0.15) is 5.56 Å². The van der Waals surface area contributed by atoms with Crippen molar-refractivity contribution < 1.29 is 9.53 Å². The highest BCUT2D eigenvalue weighted by molar-refractivity contribution is 5.85. The fraction of sp³-hybridized carbons (Fsp3) is 0.316. The van der Waals surface area contributed by atoms with Crippen molar-refractivity contribution in [1.82, 2.24) is 4.90 Å². The first-order chi connectivity index (χ1) is 11.7. The molecule has 5 nitrogen and oxygen atoms in total. The molecule has 0 radical (unpaired) electrons. The normalized spacial score (nSPS) is 9.46. The van der Waals surface area contributed by atoms with Crippen LogP contribution in [0.4, 0.5) is 5.69 Å². The summed E-state index contributed by atoms with van der Waals surface area (Å²) in [6.45, 7) is 1.89. The Balaban J connectivity index is 0.00000312. The molecule has 0 saturated carbocycles. The van der Waals surface area contributed by atoms with Crippen molar-refractivity contribution in [1.29, 1.82) is 0 Å². The molecular formula is C19H27Cl2N3O2.